The molecule has 0 radical (unpaired) electrons. The molecule has 2 aliphatic heterocycles. The van der Waals surface area contributed by atoms with E-state index in [1.165, 1.54) is 6.08 Å². The van der Waals surface area contributed by atoms with Crippen LogP contribution in [0.15, 0.2) is 42.5 Å². The first-order valence-corrected chi connectivity index (χ1v) is 10.6. The highest BCUT2D eigenvalue weighted by molar-refractivity contribution is 6.07. The highest BCUT2D eigenvalue weighted by Gasteiger charge is 2.19. The number of rotatable bonds is 7. The number of para-hydroxylation sites is 1. The summed E-state index contributed by atoms with van der Waals surface area (Å²) in [4.78, 5) is 25.1. The molecule has 2 aromatic carbocycles. The number of methoxy groups -OCH3 is 1. The zero-order chi connectivity index (χ0) is 22.3. The van der Waals surface area contributed by atoms with Crippen LogP contribution < -0.4 is 24.8 Å². The highest BCUT2D eigenvalue weighted by atomic mass is 16.6. The number of carbonyl (C=O) groups excluding carboxylic acids is 2. The molecule has 0 saturated carbocycles. The predicted molar refractivity (Wildman–Crippen MR) is 119 cm³/mol. The average molecular weight is 438 g/mol. The fourth-order valence-electron chi connectivity index (χ4n) is 3.63. The molecule has 2 aliphatic rings. The Hall–Kier alpha value is -3.52. The molecule has 2 aromatic rings. The Bertz CT molecular complexity index is 996. The molecule has 2 heterocycles. The van der Waals surface area contributed by atoms with Gasteiger partial charge in [0.15, 0.2) is 11.5 Å². The van der Waals surface area contributed by atoms with E-state index in [2.05, 4.69) is 10.6 Å². The fourth-order valence-corrected chi connectivity index (χ4v) is 3.63. The van der Waals surface area contributed by atoms with Crippen molar-refractivity contribution in [2.75, 3.05) is 38.8 Å². The number of anilines is 1. The summed E-state index contributed by atoms with van der Waals surface area (Å²) in [6.45, 7) is 2.10. The standard InChI is InChI=1S/C24H26N2O6/c1-29-20-13-16(14-21-23(20)32-12-11-31-21)8-9-22(27)26-19-7-3-2-6-18(19)24(28)25-15-17-5-4-10-30-17/h2-3,6-9,13-14,17H,4-5,10-12,15H2,1H3,(H,25,28)(H,26,27). The summed E-state index contributed by atoms with van der Waals surface area (Å²) in [6.07, 6.45) is 5.04. The average Bonchev–Trinajstić information content (AvgIpc) is 3.35. The molecule has 0 bridgehead atoms. The lowest BCUT2D eigenvalue weighted by Gasteiger charge is -2.20. The topological polar surface area (TPSA) is 95.1 Å². The Morgan fingerprint density at radius 1 is 1.16 bits per heavy atom. The molecule has 1 unspecified atom stereocenters. The van der Waals surface area contributed by atoms with Crippen LogP contribution in [-0.4, -0.2) is 51.4 Å². The molecule has 2 N–H and O–H groups in total. The van der Waals surface area contributed by atoms with E-state index >= 15 is 0 Å². The minimum atomic E-state index is -0.363. The number of nitrogens with one attached hydrogen (secondary N) is 2. The van der Waals surface area contributed by atoms with Crippen LogP contribution in [0.4, 0.5) is 5.69 Å². The predicted octanol–water partition coefficient (Wildman–Crippen LogP) is 3.03. The Labute approximate surface area is 186 Å². The van der Waals surface area contributed by atoms with Crippen molar-refractivity contribution in [3.05, 3.63) is 53.6 Å². The lowest BCUT2D eigenvalue weighted by atomic mass is 10.1. The molecule has 0 spiro atoms. The van der Waals surface area contributed by atoms with Gasteiger partial charge in [0.1, 0.15) is 13.2 Å². The molecule has 0 aromatic heterocycles. The van der Waals surface area contributed by atoms with Crippen LogP contribution in [0.25, 0.3) is 6.08 Å². The van der Waals surface area contributed by atoms with Gasteiger partial charge in [-0.3, -0.25) is 9.59 Å². The Kier molecular flexibility index (Phi) is 6.91. The van der Waals surface area contributed by atoms with Crippen LogP contribution in [0.3, 0.4) is 0 Å². The summed E-state index contributed by atoms with van der Waals surface area (Å²) in [6, 6.07) is 10.4. The van der Waals surface area contributed by atoms with Gasteiger partial charge in [-0.25, -0.2) is 0 Å². The van der Waals surface area contributed by atoms with Crippen molar-refractivity contribution < 1.29 is 28.5 Å². The maximum absolute atomic E-state index is 12.6. The summed E-state index contributed by atoms with van der Waals surface area (Å²) in [5.41, 5.74) is 1.56. The monoisotopic (exact) mass is 438 g/mol. The van der Waals surface area contributed by atoms with Gasteiger partial charge >= 0.3 is 0 Å². The summed E-state index contributed by atoms with van der Waals surface area (Å²) < 4.78 is 22.1. The van der Waals surface area contributed by atoms with Crippen LogP contribution >= 0.6 is 0 Å². The molecule has 4 rings (SSSR count). The molecule has 2 amide bonds. The van der Waals surface area contributed by atoms with Crippen molar-refractivity contribution in [2.24, 2.45) is 0 Å². The molecule has 8 nitrogen and oxygen atoms in total. The Morgan fingerprint density at radius 3 is 2.81 bits per heavy atom. The van der Waals surface area contributed by atoms with Gasteiger partial charge in [-0.05, 0) is 48.7 Å². The van der Waals surface area contributed by atoms with Crippen LogP contribution in [0.5, 0.6) is 17.2 Å². The van der Waals surface area contributed by atoms with Crippen LogP contribution in [-0.2, 0) is 9.53 Å². The van der Waals surface area contributed by atoms with E-state index < -0.39 is 0 Å². The SMILES string of the molecule is COc1cc(C=CC(=O)Nc2ccccc2C(=O)NCC2CCCO2)cc2c1OCCO2. The van der Waals surface area contributed by atoms with Gasteiger partial charge in [-0.2, -0.15) is 0 Å². The summed E-state index contributed by atoms with van der Waals surface area (Å²) >= 11 is 0. The first kappa shape index (κ1) is 21.7. The number of amides is 2. The normalized spacial score (nSPS) is 17.2. The number of ether oxygens (including phenoxy) is 4. The van der Waals surface area contributed by atoms with Crippen molar-refractivity contribution in [1.82, 2.24) is 5.32 Å². The second-order valence-electron chi connectivity index (χ2n) is 7.46. The van der Waals surface area contributed by atoms with Crippen LogP contribution in [0.2, 0.25) is 0 Å². The van der Waals surface area contributed by atoms with E-state index in [0.29, 0.717) is 48.3 Å². The Morgan fingerprint density at radius 2 is 2.00 bits per heavy atom. The van der Waals surface area contributed by atoms with Gasteiger partial charge in [-0.1, -0.05) is 12.1 Å². The second kappa shape index (κ2) is 10.2. The number of hydrogen-bond acceptors (Lipinski definition) is 6. The molecule has 168 valence electrons. The lowest BCUT2D eigenvalue weighted by Crippen LogP contribution is -2.32. The van der Waals surface area contributed by atoms with Gasteiger partial charge in [0, 0.05) is 19.2 Å². The van der Waals surface area contributed by atoms with E-state index in [0.717, 1.165) is 25.0 Å². The van der Waals surface area contributed by atoms with Crippen molar-refractivity contribution >= 4 is 23.6 Å². The third kappa shape index (κ3) is 5.20. The van der Waals surface area contributed by atoms with Crippen molar-refractivity contribution in [1.29, 1.82) is 0 Å². The second-order valence-corrected chi connectivity index (χ2v) is 7.46. The number of hydrogen-bond donors (Lipinski definition) is 2. The molecule has 0 aliphatic carbocycles. The first-order valence-electron chi connectivity index (χ1n) is 10.6. The van der Waals surface area contributed by atoms with E-state index in [1.54, 1.807) is 49.6 Å². The van der Waals surface area contributed by atoms with Gasteiger partial charge in [0.2, 0.25) is 11.7 Å². The van der Waals surface area contributed by atoms with E-state index in [1.807, 2.05) is 0 Å². The van der Waals surface area contributed by atoms with Crippen molar-refractivity contribution in [3.8, 4) is 17.2 Å². The molecule has 32 heavy (non-hydrogen) atoms. The van der Waals surface area contributed by atoms with Gasteiger partial charge in [-0.15, -0.1) is 0 Å². The van der Waals surface area contributed by atoms with Crippen LogP contribution in [0.1, 0.15) is 28.8 Å². The van der Waals surface area contributed by atoms with E-state index in [9.17, 15) is 9.59 Å². The molecule has 1 saturated heterocycles. The maximum Gasteiger partial charge on any atom is 0.253 e. The zero-order valence-electron chi connectivity index (χ0n) is 17.9. The van der Waals surface area contributed by atoms with Crippen molar-refractivity contribution in [3.63, 3.8) is 0 Å². The molecule has 1 fully saturated rings. The largest absolute Gasteiger partial charge is 0.493 e. The number of benzene rings is 2. The van der Waals surface area contributed by atoms with Crippen LogP contribution in [0, 0.1) is 0 Å². The third-order valence-corrected chi connectivity index (χ3v) is 5.22. The number of carbonyl (C=O) groups is 2. The minimum absolute atomic E-state index is 0.0478. The first-order chi connectivity index (χ1) is 15.6. The summed E-state index contributed by atoms with van der Waals surface area (Å²) in [5.74, 6) is 1.05. The zero-order valence-corrected chi connectivity index (χ0v) is 17.9. The smallest absolute Gasteiger partial charge is 0.253 e. The molecule has 8 heteroatoms. The van der Waals surface area contributed by atoms with Crippen molar-refractivity contribution in [2.45, 2.75) is 18.9 Å². The van der Waals surface area contributed by atoms with Gasteiger partial charge < -0.3 is 29.6 Å². The molecule has 1 atom stereocenters. The molecular formula is C24H26N2O6. The van der Waals surface area contributed by atoms with Gasteiger partial charge in [0.05, 0.1) is 24.5 Å². The van der Waals surface area contributed by atoms with E-state index in [4.69, 9.17) is 18.9 Å². The third-order valence-electron chi connectivity index (χ3n) is 5.22. The Balaban J connectivity index is 1.42. The lowest BCUT2D eigenvalue weighted by molar-refractivity contribution is -0.111. The molecular weight excluding hydrogens is 412 g/mol. The summed E-state index contributed by atoms with van der Waals surface area (Å²) in [5, 5.41) is 5.66. The number of fused-ring (bicyclic) bond motifs is 1. The maximum atomic E-state index is 12.6. The highest BCUT2D eigenvalue weighted by Crippen LogP contribution is 2.40. The van der Waals surface area contributed by atoms with E-state index in [-0.39, 0.29) is 17.9 Å². The quantitative estimate of drug-likeness (QED) is 0.646. The van der Waals surface area contributed by atoms with Gasteiger partial charge in [0.25, 0.3) is 5.91 Å². The minimum Gasteiger partial charge on any atom is -0.493 e. The fraction of sp³-hybridized carbons (Fsp3) is 0.333. The summed E-state index contributed by atoms with van der Waals surface area (Å²) in [7, 11) is 1.55.